The molecule has 10 heteroatoms. The summed E-state index contributed by atoms with van der Waals surface area (Å²) in [6.07, 6.45) is 1.66. The van der Waals surface area contributed by atoms with Crippen LogP contribution in [0, 0.1) is 6.92 Å². The van der Waals surface area contributed by atoms with Crippen LogP contribution in [0.3, 0.4) is 0 Å². The lowest BCUT2D eigenvalue weighted by Gasteiger charge is -2.23. The molecule has 0 aliphatic rings. The normalized spacial score (nSPS) is 12.3. The molecule has 0 aliphatic carbocycles. The number of hydrogen-bond donors (Lipinski definition) is 0. The van der Waals surface area contributed by atoms with Gasteiger partial charge in [-0.1, -0.05) is 42.0 Å². The molecule has 182 valence electrons. The average molecular weight is 501 g/mol. The zero-order valence-electron chi connectivity index (χ0n) is 18.9. The lowest BCUT2D eigenvalue weighted by molar-refractivity contribution is -0.138. The van der Waals surface area contributed by atoms with Gasteiger partial charge >= 0.3 is 6.18 Å². The average Bonchev–Trinajstić information content (AvgIpc) is 3.26. The lowest BCUT2D eigenvalue weighted by atomic mass is 10.1. The highest BCUT2D eigenvalue weighted by Crippen LogP contribution is 2.32. The van der Waals surface area contributed by atoms with Crippen molar-refractivity contribution in [1.29, 1.82) is 0 Å². The van der Waals surface area contributed by atoms with Gasteiger partial charge in [-0.05, 0) is 42.3 Å². The molecule has 0 radical (unpaired) electrons. The SMILES string of the molecule is Cc1ccc(S(=O)(=O)N(Cc2cccnc2)Cc2nccn2Cc2ccccc2C(F)(F)F)cc1. The molecule has 2 aromatic carbocycles. The number of aromatic nitrogens is 3. The Hall–Kier alpha value is -3.50. The molecule has 4 rings (SSSR count). The molecule has 6 nitrogen and oxygen atoms in total. The van der Waals surface area contributed by atoms with Crippen LogP contribution in [0.2, 0.25) is 0 Å². The molecule has 0 unspecified atom stereocenters. The van der Waals surface area contributed by atoms with Crippen LogP contribution < -0.4 is 0 Å². The highest BCUT2D eigenvalue weighted by atomic mass is 32.2. The van der Waals surface area contributed by atoms with E-state index in [4.69, 9.17) is 0 Å². The Labute approximate surface area is 201 Å². The van der Waals surface area contributed by atoms with E-state index in [9.17, 15) is 21.6 Å². The number of alkyl halides is 3. The van der Waals surface area contributed by atoms with Crippen LogP contribution in [0.1, 0.15) is 28.1 Å². The summed E-state index contributed by atoms with van der Waals surface area (Å²) < 4.78 is 70.3. The minimum Gasteiger partial charge on any atom is -0.329 e. The highest BCUT2D eigenvalue weighted by molar-refractivity contribution is 7.89. The minimum atomic E-state index is -4.50. The van der Waals surface area contributed by atoms with Crippen molar-refractivity contribution in [2.45, 2.75) is 37.6 Å². The summed E-state index contributed by atoms with van der Waals surface area (Å²) in [4.78, 5) is 8.44. The van der Waals surface area contributed by atoms with Crippen LogP contribution in [0.5, 0.6) is 0 Å². The predicted octanol–water partition coefficient (Wildman–Crippen LogP) is 5.04. The minimum absolute atomic E-state index is 0.0239. The van der Waals surface area contributed by atoms with Crippen molar-refractivity contribution in [3.8, 4) is 0 Å². The number of hydrogen-bond acceptors (Lipinski definition) is 4. The number of benzene rings is 2. The Bertz CT molecular complexity index is 1390. The van der Waals surface area contributed by atoms with Crippen molar-refractivity contribution < 1.29 is 21.6 Å². The van der Waals surface area contributed by atoms with Crippen LogP contribution >= 0.6 is 0 Å². The maximum absolute atomic E-state index is 13.5. The first-order valence-electron chi connectivity index (χ1n) is 10.8. The lowest BCUT2D eigenvalue weighted by Crippen LogP contribution is -2.31. The van der Waals surface area contributed by atoms with Gasteiger partial charge in [0.1, 0.15) is 5.82 Å². The molecule has 0 bridgehead atoms. The first-order chi connectivity index (χ1) is 16.6. The predicted molar refractivity (Wildman–Crippen MR) is 125 cm³/mol. The maximum Gasteiger partial charge on any atom is 0.416 e. The van der Waals surface area contributed by atoms with E-state index >= 15 is 0 Å². The second kappa shape index (κ2) is 10.0. The van der Waals surface area contributed by atoms with Crippen molar-refractivity contribution in [1.82, 2.24) is 18.8 Å². The van der Waals surface area contributed by atoms with Crippen molar-refractivity contribution in [2.75, 3.05) is 0 Å². The third-order valence-corrected chi connectivity index (χ3v) is 7.33. The summed E-state index contributed by atoms with van der Waals surface area (Å²) in [5, 5.41) is 0. The smallest absolute Gasteiger partial charge is 0.329 e. The van der Waals surface area contributed by atoms with E-state index < -0.39 is 21.8 Å². The third kappa shape index (κ3) is 5.77. The van der Waals surface area contributed by atoms with Crippen molar-refractivity contribution in [2.24, 2.45) is 0 Å². The molecule has 0 atom stereocenters. The summed E-state index contributed by atoms with van der Waals surface area (Å²) in [5.74, 6) is 0.321. The van der Waals surface area contributed by atoms with Crippen molar-refractivity contribution in [3.05, 3.63) is 114 Å². The Morgan fingerprint density at radius 1 is 0.943 bits per heavy atom. The molecule has 2 heterocycles. The number of pyridine rings is 1. The van der Waals surface area contributed by atoms with E-state index in [0.717, 1.165) is 11.6 Å². The standard InChI is InChI=1S/C25H23F3N4O2S/c1-19-8-10-22(11-9-19)35(33,34)32(16-20-5-4-12-29-15-20)18-24-30-13-14-31(24)17-21-6-2-3-7-23(21)25(26,27)28/h2-15H,16-18H2,1H3. The van der Waals surface area contributed by atoms with E-state index in [1.165, 1.54) is 45.4 Å². The van der Waals surface area contributed by atoms with Gasteiger partial charge in [0.2, 0.25) is 10.0 Å². The van der Waals surface area contributed by atoms with Gasteiger partial charge in [-0.3, -0.25) is 4.98 Å². The number of sulfonamides is 1. The molecule has 0 saturated heterocycles. The van der Waals surface area contributed by atoms with E-state index in [0.29, 0.717) is 11.4 Å². The maximum atomic E-state index is 13.5. The van der Waals surface area contributed by atoms with Crippen LogP contribution in [-0.2, 0) is 35.8 Å². The van der Waals surface area contributed by atoms with Gasteiger partial charge in [0.25, 0.3) is 0 Å². The van der Waals surface area contributed by atoms with Gasteiger partial charge in [0, 0.05) is 37.9 Å². The van der Waals surface area contributed by atoms with Gasteiger partial charge in [-0.15, -0.1) is 0 Å². The van der Waals surface area contributed by atoms with Crippen molar-refractivity contribution in [3.63, 3.8) is 0 Å². The Balaban J connectivity index is 1.68. The number of imidazole rings is 1. The van der Waals surface area contributed by atoms with Crippen LogP contribution in [0.25, 0.3) is 0 Å². The molecule has 4 aromatic rings. The molecule has 0 fully saturated rings. The Morgan fingerprint density at radius 2 is 1.69 bits per heavy atom. The molecular weight excluding hydrogens is 477 g/mol. The number of rotatable bonds is 8. The molecular formula is C25H23F3N4O2S. The second-order valence-electron chi connectivity index (χ2n) is 8.07. The fraction of sp³-hybridized carbons (Fsp3) is 0.200. The molecule has 0 spiro atoms. The van der Waals surface area contributed by atoms with Gasteiger partial charge in [0.05, 0.1) is 17.0 Å². The van der Waals surface area contributed by atoms with E-state index in [-0.39, 0.29) is 30.1 Å². The van der Waals surface area contributed by atoms with Gasteiger partial charge in [0.15, 0.2) is 0 Å². The topological polar surface area (TPSA) is 68.1 Å². The zero-order chi connectivity index (χ0) is 25.1. The quantitative estimate of drug-likeness (QED) is 0.340. The fourth-order valence-electron chi connectivity index (χ4n) is 3.69. The summed E-state index contributed by atoms with van der Waals surface area (Å²) >= 11 is 0. The molecule has 35 heavy (non-hydrogen) atoms. The summed E-state index contributed by atoms with van der Waals surface area (Å²) in [6, 6.07) is 15.3. The molecule has 2 aromatic heterocycles. The molecule has 0 saturated carbocycles. The van der Waals surface area contributed by atoms with Gasteiger partial charge in [-0.2, -0.15) is 17.5 Å². The summed E-state index contributed by atoms with van der Waals surface area (Å²) in [6.45, 7) is 1.65. The Kier molecular flexibility index (Phi) is 7.04. The highest BCUT2D eigenvalue weighted by Gasteiger charge is 2.33. The zero-order valence-corrected chi connectivity index (χ0v) is 19.7. The second-order valence-corrected chi connectivity index (χ2v) is 10.0. The van der Waals surface area contributed by atoms with E-state index in [2.05, 4.69) is 9.97 Å². The number of nitrogens with zero attached hydrogens (tertiary/aromatic N) is 4. The number of aryl methyl sites for hydroxylation is 1. The van der Waals surface area contributed by atoms with E-state index in [1.54, 1.807) is 42.9 Å². The number of halogens is 3. The summed E-state index contributed by atoms with van der Waals surface area (Å²) in [5.41, 5.74) is 0.920. The molecule has 0 amide bonds. The van der Waals surface area contributed by atoms with Crippen molar-refractivity contribution >= 4 is 10.0 Å². The monoisotopic (exact) mass is 500 g/mol. The largest absolute Gasteiger partial charge is 0.416 e. The van der Waals surface area contributed by atoms with Crippen LogP contribution in [0.4, 0.5) is 13.2 Å². The van der Waals surface area contributed by atoms with E-state index in [1.807, 2.05) is 6.92 Å². The first kappa shape index (κ1) is 24.6. The van der Waals surface area contributed by atoms with Crippen LogP contribution in [0.15, 0.2) is 90.3 Å². The van der Waals surface area contributed by atoms with Gasteiger partial charge < -0.3 is 4.57 Å². The van der Waals surface area contributed by atoms with Crippen LogP contribution in [-0.4, -0.2) is 27.3 Å². The molecule has 0 N–H and O–H groups in total. The molecule has 0 aliphatic heterocycles. The van der Waals surface area contributed by atoms with Gasteiger partial charge in [-0.25, -0.2) is 13.4 Å². The third-order valence-electron chi connectivity index (χ3n) is 5.52. The Morgan fingerprint density at radius 3 is 2.37 bits per heavy atom. The summed E-state index contributed by atoms with van der Waals surface area (Å²) in [7, 11) is -3.94. The first-order valence-corrected chi connectivity index (χ1v) is 12.2. The fourth-order valence-corrected chi connectivity index (χ4v) is 5.07.